The Morgan fingerprint density at radius 3 is 2.60 bits per heavy atom. The monoisotopic (exact) mass is 340 g/mol. The fourth-order valence-corrected chi connectivity index (χ4v) is 4.06. The van der Waals surface area contributed by atoms with Crippen LogP contribution in [0.4, 0.5) is 0 Å². The van der Waals surface area contributed by atoms with E-state index < -0.39 is 0 Å². The molecule has 1 N–H and O–H groups in total. The van der Waals surface area contributed by atoms with Gasteiger partial charge in [-0.2, -0.15) is 0 Å². The molecule has 1 amide bonds. The maximum Gasteiger partial charge on any atom is 0.227 e. The summed E-state index contributed by atoms with van der Waals surface area (Å²) in [4.78, 5) is 23.0. The summed E-state index contributed by atoms with van der Waals surface area (Å²) in [5.74, 6) is 0.252. The molecular weight excluding hydrogens is 312 g/mol. The van der Waals surface area contributed by atoms with Crippen molar-refractivity contribution in [3.63, 3.8) is 0 Å². The highest BCUT2D eigenvalue weighted by atomic mass is 16.2. The van der Waals surface area contributed by atoms with Crippen LogP contribution in [-0.4, -0.2) is 76.9 Å². The van der Waals surface area contributed by atoms with Crippen molar-refractivity contribution in [3.05, 3.63) is 36.0 Å². The molecule has 2 saturated heterocycles. The summed E-state index contributed by atoms with van der Waals surface area (Å²) in [6, 6.07) is 9.38. The van der Waals surface area contributed by atoms with Crippen LogP contribution in [0.1, 0.15) is 19.4 Å². The van der Waals surface area contributed by atoms with Gasteiger partial charge in [0.25, 0.3) is 0 Å². The fraction of sp³-hybridized carbons (Fsp3) is 0.550. The van der Waals surface area contributed by atoms with Crippen LogP contribution in [0, 0.1) is 0 Å². The Labute approximate surface area is 149 Å². The molecule has 0 saturated carbocycles. The van der Waals surface area contributed by atoms with Gasteiger partial charge in [-0.3, -0.25) is 14.6 Å². The number of benzene rings is 1. The molecule has 0 bridgehead atoms. The number of aromatic amines is 1. The zero-order chi connectivity index (χ0) is 17.4. The molecule has 5 heteroatoms. The van der Waals surface area contributed by atoms with Crippen molar-refractivity contribution in [1.29, 1.82) is 0 Å². The number of hydrogen-bond donors (Lipinski definition) is 1. The van der Waals surface area contributed by atoms with Gasteiger partial charge in [-0.1, -0.05) is 18.2 Å². The van der Waals surface area contributed by atoms with Crippen LogP contribution in [-0.2, 0) is 11.2 Å². The van der Waals surface area contributed by atoms with E-state index in [0.29, 0.717) is 18.5 Å². The van der Waals surface area contributed by atoms with Gasteiger partial charge in [-0.05, 0) is 25.5 Å². The molecule has 0 unspecified atom stereocenters. The third-order valence-electron chi connectivity index (χ3n) is 5.83. The second-order valence-corrected chi connectivity index (χ2v) is 7.65. The van der Waals surface area contributed by atoms with Crippen LogP contribution in [0.3, 0.4) is 0 Å². The first kappa shape index (κ1) is 16.6. The second kappa shape index (κ2) is 6.81. The first-order valence-electron chi connectivity index (χ1n) is 9.42. The van der Waals surface area contributed by atoms with Gasteiger partial charge in [0, 0.05) is 68.5 Å². The lowest BCUT2D eigenvalue weighted by Crippen LogP contribution is -2.64. The highest BCUT2D eigenvalue weighted by Crippen LogP contribution is 2.22. The molecule has 0 atom stereocenters. The van der Waals surface area contributed by atoms with E-state index in [-0.39, 0.29) is 5.91 Å². The van der Waals surface area contributed by atoms with Crippen LogP contribution < -0.4 is 0 Å². The molecule has 2 aliphatic rings. The number of hydrogen-bond acceptors (Lipinski definition) is 3. The first-order chi connectivity index (χ1) is 12.1. The van der Waals surface area contributed by atoms with E-state index in [1.54, 1.807) is 0 Å². The van der Waals surface area contributed by atoms with Gasteiger partial charge in [0.2, 0.25) is 5.91 Å². The third kappa shape index (κ3) is 3.31. The van der Waals surface area contributed by atoms with Gasteiger partial charge < -0.3 is 9.88 Å². The van der Waals surface area contributed by atoms with E-state index in [9.17, 15) is 4.79 Å². The van der Waals surface area contributed by atoms with Crippen molar-refractivity contribution in [1.82, 2.24) is 19.7 Å². The molecule has 2 aromatic rings. The van der Waals surface area contributed by atoms with Gasteiger partial charge in [0.15, 0.2) is 0 Å². The minimum atomic E-state index is 0.252. The summed E-state index contributed by atoms with van der Waals surface area (Å²) < 4.78 is 0. The summed E-state index contributed by atoms with van der Waals surface area (Å²) in [6.45, 7) is 10.9. The normalized spacial score (nSPS) is 20.4. The van der Waals surface area contributed by atoms with Gasteiger partial charge in [0.1, 0.15) is 0 Å². The lowest BCUT2D eigenvalue weighted by atomic mass is 10.0. The van der Waals surface area contributed by atoms with Crippen molar-refractivity contribution >= 4 is 16.8 Å². The Morgan fingerprint density at radius 1 is 1.16 bits per heavy atom. The predicted molar refractivity (Wildman–Crippen MR) is 101 cm³/mol. The number of H-pyrrole nitrogens is 1. The molecule has 2 fully saturated rings. The number of likely N-dealkylation sites (tertiary alicyclic amines) is 1. The van der Waals surface area contributed by atoms with Crippen molar-refractivity contribution in [2.75, 3.05) is 39.3 Å². The number of rotatable bonds is 4. The number of para-hydroxylation sites is 1. The smallest absolute Gasteiger partial charge is 0.227 e. The molecule has 1 aromatic carbocycles. The molecular formula is C20H28N4O. The summed E-state index contributed by atoms with van der Waals surface area (Å²) in [6.07, 6.45) is 2.48. The molecule has 2 aliphatic heterocycles. The number of piperazine rings is 1. The standard InChI is InChI=1S/C20H28N4O/c1-15(2)22-7-9-23(10-8-22)17-13-24(14-17)20(25)11-16-12-21-19-6-4-3-5-18(16)19/h3-6,12,15,17,21H,7-11,13-14H2,1-2H3. The number of carbonyl (C=O) groups is 1. The van der Waals surface area contributed by atoms with Crippen LogP contribution >= 0.6 is 0 Å². The molecule has 3 heterocycles. The highest BCUT2D eigenvalue weighted by molar-refractivity contribution is 5.89. The first-order valence-corrected chi connectivity index (χ1v) is 9.42. The minimum Gasteiger partial charge on any atom is -0.361 e. The van der Waals surface area contributed by atoms with E-state index in [1.165, 1.54) is 0 Å². The molecule has 1 aromatic heterocycles. The predicted octanol–water partition coefficient (Wildman–Crippen LogP) is 1.95. The van der Waals surface area contributed by atoms with Crippen LogP contribution in [0.25, 0.3) is 10.9 Å². The Kier molecular flexibility index (Phi) is 4.52. The highest BCUT2D eigenvalue weighted by Gasteiger charge is 2.36. The zero-order valence-electron chi connectivity index (χ0n) is 15.2. The van der Waals surface area contributed by atoms with Crippen molar-refractivity contribution in [2.24, 2.45) is 0 Å². The van der Waals surface area contributed by atoms with Crippen LogP contribution in [0.2, 0.25) is 0 Å². The van der Waals surface area contributed by atoms with E-state index >= 15 is 0 Å². The van der Waals surface area contributed by atoms with Gasteiger partial charge in [-0.15, -0.1) is 0 Å². The molecule has 0 radical (unpaired) electrons. The maximum atomic E-state index is 12.6. The maximum absolute atomic E-state index is 12.6. The Balaban J connectivity index is 1.28. The van der Waals surface area contributed by atoms with Crippen LogP contribution in [0.15, 0.2) is 30.5 Å². The molecule has 25 heavy (non-hydrogen) atoms. The quantitative estimate of drug-likeness (QED) is 0.925. The Hall–Kier alpha value is -1.85. The van der Waals surface area contributed by atoms with E-state index in [4.69, 9.17) is 0 Å². The lowest BCUT2D eigenvalue weighted by Gasteiger charge is -2.48. The average Bonchev–Trinajstić information content (AvgIpc) is 2.97. The summed E-state index contributed by atoms with van der Waals surface area (Å²) in [5, 5.41) is 1.16. The number of amides is 1. The molecule has 0 spiro atoms. The van der Waals surface area contributed by atoms with Gasteiger partial charge >= 0.3 is 0 Å². The number of aromatic nitrogens is 1. The topological polar surface area (TPSA) is 42.6 Å². The molecule has 134 valence electrons. The Bertz CT molecular complexity index is 739. The van der Waals surface area contributed by atoms with E-state index in [0.717, 1.165) is 55.7 Å². The Morgan fingerprint density at radius 2 is 1.88 bits per heavy atom. The summed E-state index contributed by atoms with van der Waals surface area (Å²) in [5.41, 5.74) is 2.21. The number of nitrogens with zero attached hydrogens (tertiary/aromatic N) is 3. The number of nitrogens with one attached hydrogen (secondary N) is 1. The van der Waals surface area contributed by atoms with E-state index in [2.05, 4.69) is 40.8 Å². The lowest BCUT2D eigenvalue weighted by molar-refractivity contribution is -0.138. The van der Waals surface area contributed by atoms with Gasteiger partial charge in [-0.25, -0.2) is 0 Å². The van der Waals surface area contributed by atoms with E-state index in [1.807, 2.05) is 23.2 Å². The SMILES string of the molecule is CC(C)N1CCN(C2CN(C(=O)Cc3c[nH]c4ccccc34)C2)CC1. The fourth-order valence-electron chi connectivity index (χ4n) is 4.06. The van der Waals surface area contributed by atoms with Crippen molar-refractivity contribution in [2.45, 2.75) is 32.4 Å². The molecule has 0 aliphatic carbocycles. The minimum absolute atomic E-state index is 0.252. The second-order valence-electron chi connectivity index (χ2n) is 7.65. The summed E-state index contributed by atoms with van der Waals surface area (Å²) in [7, 11) is 0. The third-order valence-corrected chi connectivity index (χ3v) is 5.83. The van der Waals surface area contributed by atoms with Crippen LogP contribution in [0.5, 0.6) is 0 Å². The average molecular weight is 340 g/mol. The summed E-state index contributed by atoms with van der Waals surface area (Å²) >= 11 is 0. The molecule has 5 nitrogen and oxygen atoms in total. The number of fused-ring (bicyclic) bond motifs is 1. The molecule has 4 rings (SSSR count). The van der Waals surface area contributed by atoms with Gasteiger partial charge in [0.05, 0.1) is 6.42 Å². The largest absolute Gasteiger partial charge is 0.361 e. The zero-order valence-corrected chi connectivity index (χ0v) is 15.2. The van der Waals surface area contributed by atoms with Crippen molar-refractivity contribution < 1.29 is 4.79 Å². The number of carbonyl (C=O) groups excluding carboxylic acids is 1. The van der Waals surface area contributed by atoms with Crippen molar-refractivity contribution in [3.8, 4) is 0 Å².